The summed E-state index contributed by atoms with van der Waals surface area (Å²) >= 11 is 3.27. The lowest BCUT2D eigenvalue weighted by atomic mass is 10.1. The third-order valence-corrected chi connectivity index (χ3v) is 5.85. The molecule has 0 radical (unpaired) electrons. The SMILES string of the molecule is Cc1ccc(C)c(CSc2nc(CC(=O)NCc3nnc(C)o3)cs2)c1. The summed E-state index contributed by atoms with van der Waals surface area (Å²) in [6.45, 7) is 6.17. The average Bonchev–Trinajstić information content (AvgIpc) is 3.22. The third kappa shape index (κ3) is 5.15. The van der Waals surface area contributed by atoms with Crippen LogP contribution in [0.1, 0.15) is 34.2 Å². The van der Waals surface area contributed by atoms with E-state index in [1.165, 1.54) is 16.7 Å². The van der Waals surface area contributed by atoms with Crippen LogP contribution >= 0.6 is 23.1 Å². The maximum absolute atomic E-state index is 12.0. The van der Waals surface area contributed by atoms with Crippen molar-refractivity contribution in [3.8, 4) is 0 Å². The Bertz CT molecular complexity index is 904. The van der Waals surface area contributed by atoms with Crippen molar-refractivity contribution in [3.63, 3.8) is 0 Å². The largest absolute Gasteiger partial charge is 0.424 e. The Morgan fingerprint density at radius 2 is 2.12 bits per heavy atom. The number of hydrogen-bond donors (Lipinski definition) is 1. The number of nitrogens with one attached hydrogen (secondary N) is 1. The molecule has 0 atom stereocenters. The lowest BCUT2D eigenvalue weighted by molar-refractivity contribution is -0.120. The van der Waals surface area contributed by atoms with E-state index in [-0.39, 0.29) is 18.9 Å². The number of aromatic nitrogens is 3. The minimum absolute atomic E-state index is 0.114. The van der Waals surface area contributed by atoms with Crippen LogP contribution in [0.4, 0.5) is 0 Å². The van der Waals surface area contributed by atoms with Gasteiger partial charge in [-0.25, -0.2) is 4.98 Å². The van der Waals surface area contributed by atoms with Gasteiger partial charge in [-0.3, -0.25) is 4.79 Å². The van der Waals surface area contributed by atoms with Crippen LogP contribution in [0.15, 0.2) is 32.3 Å². The van der Waals surface area contributed by atoms with Crippen molar-refractivity contribution in [3.05, 3.63) is 57.7 Å². The topological polar surface area (TPSA) is 80.9 Å². The van der Waals surface area contributed by atoms with Crippen molar-refractivity contribution in [1.82, 2.24) is 20.5 Å². The molecule has 2 aromatic heterocycles. The van der Waals surface area contributed by atoms with Gasteiger partial charge in [0.15, 0.2) is 0 Å². The highest BCUT2D eigenvalue weighted by Gasteiger charge is 2.10. The molecule has 1 amide bonds. The molecule has 3 aromatic rings. The Morgan fingerprint density at radius 1 is 1.27 bits per heavy atom. The molecule has 0 fully saturated rings. The molecule has 0 aliphatic carbocycles. The number of aryl methyl sites for hydroxylation is 3. The molecule has 6 nitrogen and oxygen atoms in total. The number of thioether (sulfide) groups is 1. The number of benzene rings is 1. The zero-order chi connectivity index (χ0) is 18.5. The highest BCUT2D eigenvalue weighted by Crippen LogP contribution is 2.27. The van der Waals surface area contributed by atoms with E-state index in [2.05, 4.69) is 52.5 Å². The molecule has 0 bridgehead atoms. The van der Waals surface area contributed by atoms with E-state index in [1.54, 1.807) is 30.0 Å². The van der Waals surface area contributed by atoms with E-state index in [0.29, 0.717) is 11.8 Å². The number of carbonyl (C=O) groups excluding carboxylic acids is 1. The Kier molecular flexibility index (Phi) is 6.05. The summed E-state index contributed by atoms with van der Waals surface area (Å²) in [6.07, 6.45) is 0.244. The van der Waals surface area contributed by atoms with Crippen molar-refractivity contribution in [2.75, 3.05) is 0 Å². The fourth-order valence-electron chi connectivity index (χ4n) is 2.34. The number of carbonyl (C=O) groups is 1. The van der Waals surface area contributed by atoms with Crippen molar-refractivity contribution in [2.24, 2.45) is 0 Å². The van der Waals surface area contributed by atoms with Crippen molar-refractivity contribution >= 4 is 29.0 Å². The Balaban J connectivity index is 1.49. The maximum atomic E-state index is 12.0. The average molecular weight is 389 g/mol. The second-order valence-electron chi connectivity index (χ2n) is 5.99. The van der Waals surface area contributed by atoms with E-state index in [1.807, 2.05) is 5.38 Å². The molecule has 2 heterocycles. The first-order valence-electron chi connectivity index (χ1n) is 8.18. The fourth-order valence-corrected chi connectivity index (χ4v) is 4.25. The van der Waals surface area contributed by atoms with Crippen LogP contribution in [-0.2, 0) is 23.5 Å². The van der Waals surface area contributed by atoms with Crippen LogP contribution in [0.25, 0.3) is 0 Å². The standard InChI is InChI=1S/C18H20N4O2S2/c1-11-4-5-12(2)14(6-11)9-25-18-20-15(10-26-18)7-16(23)19-8-17-22-21-13(3)24-17/h4-6,10H,7-9H2,1-3H3,(H,19,23). The molecule has 3 rings (SSSR count). The highest BCUT2D eigenvalue weighted by atomic mass is 32.2. The van der Waals surface area contributed by atoms with E-state index >= 15 is 0 Å². The van der Waals surface area contributed by atoms with Gasteiger partial charge in [0.2, 0.25) is 17.7 Å². The van der Waals surface area contributed by atoms with Crippen molar-refractivity contribution < 1.29 is 9.21 Å². The summed E-state index contributed by atoms with van der Waals surface area (Å²) in [7, 11) is 0. The first kappa shape index (κ1) is 18.6. The Morgan fingerprint density at radius 3 is 2.88 bits per heavy atom. The zero-order valence-corrected chi connectivity index (χ0v) is 16.5. The summed E-state index contributed by atoms with van der Waals surface area (Å²) in [6, 6.07) is 6.48. The van der Waals surface area contributed by atoms with Gasteiger partial charge < -0.3 is 9.73 Å². The van der Waals surface area contributed by atoms with E-state index in [4.69, 9.17) is 4.42 Å². The smallest absolute Gasteiger partial charge is 0.235 e. The lowest BCUT2D eigenvalue weighted by Crippen LogP contribution is -2.24. The van der Waals surface area contributed by atoms with Gasteiger partial charge in [-0.2, -0.15) is 0 Å². The number of nitrogens with zero attached hydrogens (tertiary/aromatic N) is 3. The predicted octanol–water partition coefficient (Wildman–Crippen LogP) is 3.60. The molecule has 0 saturated heterocycles. The highest BCUT2D eigenvalue weighted by molar-refractivity contribution is 8.00. The molecule has 136 valence electrons. The van der Waals surface area contributed by atoms with E-state index < -0.39 is 0 Å². The molecule has 1 N–H and O–H groups in total. The number of hydrogen-bond acceptors (Lipinski definition) is 7. The molecule has 0 saturated carbocycles. The van der Waals surface area contributed by atoms with E-state index in [9.17, 15) is 4.79 Å². The minimum atomic E-state index is -0.114. The van der Waals surface area contributed by atoms with Crippen LogP contribution in [0.2, 0.25) is 0 Å². The van der Waals surface area contributed by atoms with Crippen LogP contribution in [0.3, 0.4) is 0 Å². The van der Waals surface area contributed by atoms with Crippen LogP contribution in [-0.4, -0.2) is 21.1 Å². The van der Waals surface area contributed by atoms with Gasteiger partial charge in [-0.1, -0.05) is 35.5 Å². The van der Waals surface area contributed by atoms with Crippen molar-refractivity contribution in [1.29, 1.82) is 0 Å². The summed E-state index contributed by atoms with van der Waals surface area (Å²) in [5, 5.41) is 12.3. The first-order chi connectivity index (χ1) is 12.5. The molecule has 0 aliphatic heterocycles. The normalized spacial score (nSPS) is 10.9. The second kappa shape index (κ2) is 8.46. The van der Waals surface area contributed by atoms with Crippen LogP contribution < -0.4 is 5.32 Å². The van der Waals surface area contributed by atoms with Gasteiger partial charge in [0, 0.05) is 18.1 Å². The number of thiazole rings is 1. The van der Waals surface area contributed by atoms with Gasteiger partial charge in [0.1, 0.15) is 4.34 Å². The summed E-state index contributed by atoms with van der Waals surface area (Å²) in [4.78, 5) is 16.6. The monoisotopic (exact) mass is 388 g/mol. The summed E-state index contributed by atoms with van der Waals surface area (Å²) in [5.74, 6) is 1.65. The maximum Gasteiger partial charge on any atom is 0.235 e. The number of amides is 1. The van der Waals surface area contributed by atoms with Gasteiger partial charge in [-0.15, -0.1) is 21.5 Å². The van der Waals surface area contributed by atoms with E-state index in [0.717, 1.165) is 15.8 Å². The molecule has 1 aromatic carbocycles. The first-order valence-corrected chi connectivity index (χ1v) is 10.0. The van der Waals surface area contributed by atoms with Gasteiger partial charge in [0.05, 0.1) is 18.7 Å². The summed E-state index contributed by atoms with van der Waals surface area (Å²) < 4.78 is 6.20. The summed E-state index contributed by atoms with van der Waals surface area (Å²) in [5.41, 5.74) is 4.65. The number of rotatable bonds is 7. The molecular formula is C18H20N4O2S2. The molecule has 0 aliphatic rings. The zero-order valence-electron chi connectivity index (χ0n) is 14.9. The molecule has 26 heavy (non-hydrogen) atoms. The predicted molar refractivity (Wildman–Crippen MR) is 102 cm³/mol. The molecule has 0 unspecified atom stereocenters. The Labute approximate surface area is 160 Å². The molecular weight excluding hydrogens is 368 g/mol. The van der Waals surface area contributed by atoms with Crippen molar-refractivity contribution in [2.45, 2.75) is 43.8 Å². The second-order valence-corrected chi connectivity index (χ2v) is 8.07. The Hall–Kier alpha value is -2.19. The van der Waals surface area contributed by atoms with Gasteiger partial charge in [-0.05, 0) is 25.0 Å². The minimum Gasteiger partial charge on any atom is -0.424 e. The molecule has 0 spiro atoms. The van der Waals surface area contributed by atoms with Crippen LogP contribution in [0, 0.1) is 20.8 Å². The van der Waals surface area contributed by atoms with Gasteiger partial charge in [0.25, 0.3) is 0 Å². The van der Waals surface area contributed by atoms with Crippen LogP contribution in [0.5, 0.6) is 0 Å². The third-order valence-electron chi connectivity index (χ3n) is 3.73. The fraction of sp³-hybridized carbons (Fsp3) is 0.333. The quantitative estimate of drug-likeness (QED) is 0.623. The lowest BCUT2D eigenvalue weighted by Gasteiger charge is -2.05. The molecule has 8 heteroatoms. The van der Waals surface area contributed by atoms with Gasteiger partial charge >= 0.3 is 0 Å².